The summed E-state index contributed by atoms with van der Waals surface area (Å²) < 4.78 is 11.1. The Hall–Kier alpha value is -3.09. The van der Waals surface area contributed by atoms with Crippen molar-refractivity contribution in [2.24, 2.45) is 11.1 Å². The molecule has 1 aliphatic heterocycles. The van der Waals surface area contributed by atoms with Gasteiger partial charge in [-0.2, -0.15) is 0 Å². The number of ether oxygens (including phenoxy) is 2. The van der Waals surface area contributed by atoms with Gasteiger partial charge >= 0.3 is 5.97 Å². The van der Waals surface area contributed by atoms with E-state index < -0.39 is 5.41 Å². The van der Waals surface area contributed by atoms with Crippen LogP contribution in [0.1, 0.15) is 25.3 Å². The summed E-state index contributed by atoms with van der Waals surface area (Å²) in [5, 5.41) is 7.45. The number of nitrogens with zero attached hydrogens (tertiary/aromatic N) is 2. The molecule has 0 bridgehead atoms. The average molecular weight is 382 g/mol. The normalized spacial score (nSPS) is 15.7. The van der Waals surface area contributed by atoms with Gasteiger partial charge in [0.25, 0.3) is 0 Å². The van der Waals surface area contributed by atoms with Gasteiger partial charge in [0.1, 0.15) is 24.8 Å². The quantitative estimate of drug-likeness (QED) is 0.330. The van der Waals surface area contributed by atoms with Crippen molar-refractivity contribution in [3.05, 3.63) is 54.4 Å². The first-order valence-corrected chi connectivity index (χ1v) is 9.37. The standard InChI is InChI=1S/C21H26N4O3/c1-21(7-11-25(12-8-21)17-5-9-24-10-6-17)20(26)28-14-13-27-18-4-2-3-16(15-18)19(22)23/h2-6,9-10,15H,7-8,11-14H2,1H3,(H3,22,23). The molecule has 0 amide bonds. The fourth-order valence-corrected chi connectivity index (χ4v) is 3.24. The van der Waals surface area contributed by atoms with Gasteiger partial charge in [0.2, 0.25) is 0 Å². The van der Waals surface area contributed by atoms with Crippen molar-refractivity contribution >= 4 is 17.5 Å². The number of piperidine rings is 1. The van der Waals surface area contributed by atoms with Crippen molar-refractivity contribution in [3.8, 4) is 5.75 Å². The molecular weight excluding hydrogens is 356 g/mol. The van der Waals surface area contributed by atoms with E-state index in [4.69, 9.17) is 20.6 Å². The first-order chi connectivity index (χ1) is 13.5. The van der Waals surface area contributed by atoms with E-state index in [2.05, 4.69) is 9.88 Å². The Balaban J connectivity index is 1.43. The molecular formula is C21H26N4O3. The van der Waals surface area contributed by atoms with E-state index in [0.717, 1.165) is 31.6 Å². The largest absolute Gasteiger partial charge is 0.490 e. The second-order valence-corrected chi connectivity index (χ2v) is 7.18. The molecule has 28 heavy (non-hydrogen) atoms. The molecule has 2 heterocycles. The lowest BCUT2D eigenvalue weighted by molar-refractivity contribution is -0.156. The van der Waals surface area contributed by atoms with Crippen LogP contribution in [0.5, 0.6) is 5.75 Å². The van der Waals surface area contributed by atoms with Gasteiger partial charge in [0.15, 0.2) is 0 Å². The number of nitrogen functional groups attached to an aromatic ring is 1. The van der Waals surface area contributed by atoms with Crippen LogP contribution in [-0.4, -0.2) is 43.1 Å². The first kappa shape index (κ1) is 19.7. The van der Waals surface area contributed by atoms with Crippen LogP contribution in [0, 0.1) is 10.8 Å². The smallest absolute Gasteiger partial charge is 0.312 e. The summed E-state index contributed by atoms with van der Waals surface area (Å²) >= 11 is 0. The van der Waals surface area contributed by atoms with E-state index in [1.165, 1.54) is 0 Å². The molecule has 0 atom stereocenters. The van der Waals surface area contributed by atoms with Crippen LogP contribution in [-0.2, 0) is 9.53 Å². The molecule has 2 aromatic rings. The van der Waals surface area contributed by atoms with Gasteiger partial charge in [-0.15, -0.1) is 0 Å². The van der Waals surface area contributed by atoms with Crippen LogP contribution >= 0.6 is 0 Å². The Labute approximate surface area is 165 Å². The van der Waals surface area contributed by atoms with Crippen molar-refractivity contribution in [1.29, 1.82) is 5.41 Å². The topological polar surface area (TPSA) is 102 Å². The summed E-state index contributed by atoms with van der Waals surface area (Å²) in [6.07, 6.45) is 5.05. The Morgan fingerprint density at radius 1 is 1.21 bits per heavy atom. The molecule has 1 saturated heterocycles. The van der Waals surface area contributed by atoms with Crippen LogP contribution < -0.4 is 15.4 Å². The first-order valence-electron chi connectivity index (χ1n) is 9.37. The highest BCUT2D eigenvalue weighted by Crippen LogP contribution is 2.34. The molecule has 7 heteroatoms. The molecule has 1 aromatic carbocycles. The highest BCUT2D eigenvalue weighted by molar-refractivity contribution is 5.95. The Bertz CT molecular complexity index is 817. The summed E-state index contributed by atoms with van der Waals surface area (Å²) in [4.78, 5) is 18.9. The monoisotopic (exact) mass is 382 g/mol. The zero-order valence-corrected chi connectivity index (χ0v) is 16.1. The second-order valence-electron chi connectivity index (χ2n) is 7.18. The van der Waals surface area contributed by atoms with E-state index in [1.54, 1.807) is 36.7 Å². The highest BCUT2D eigenvalue weighted by Gasteiger charge is 2.38. The van der Waals surface area contributed by atoms with Crippen molar-refractivity contribution in [2.45, 2.75) is 19.8 Å². The lowest BCUT2D eigenvalue weighted by Crippen LogP contribution is -2.43. The third-order valence-electron chi connectivity index (χ3n) is 5.12. The average Bonchev–Trinajstić information content (AvgIpc) is 2.72. The summed E-state index contributed by atoms with van der Waals surface area (Å²) in [7, 11) is 0. The van der Waals surface area contributed by atoms with Gasteiger partial charge in [-0.25, -0.2) is 0 Å². The number of nitrogens with two attached hydrogens (primary N) is 1. The number of anilines is 1. The number of rotatable bonds is 7. The number of amidine groups is 1. The maximum absolute atomic E-state index is 12.6. The number of benzene rings is 1. The molecule has 1 aromatic heterocycles. The minimum atomic E-state index is -0.474. The number of pyridine rings is 1. The van der Waals surface area contributed by atoms with E-state index in [9.17, 15) is 4.79 Å². The van der Waals surface area contributed by atoms with Crippen LogP contribution in [0.25, 0.3) is 0 Å². The second kappa shape index (κ2) is 8.73. The highest BCUT2D eigenvalue weighted by atomic mass is 16.6. The summed E-state index contributed by atoms with van der Waals surface area (Å²) in [6.45, 7) is 4.03. The van der Waals surface area contributed by atoms with Crippen molar-refractivity contribution < 1.29 is 14.3 Å². The van der Waals surface area contributed by atoms with Gasteiger partial charge in [-0.05, 0) is 44.0 Å². The number of aromatic nitrogens is 1. The lowest BCUT2D eigenvalue weighted by atomic mass is 9.80. The van der Waals surface area contributed by atoms with E-state index in [-0.39, 0.29) is 25.0 Å². The maximum atomic E-state index is 12.6. The van der Waals surface area contributed by atoms with Crippen molar-refractivity contribution in [2.75, 3.05) is 31.2 Å². The summed E-state index contributed by atoms with van der Waals surface area (Å²) in [6, 6.07) is 11.0. The molecule has 7 nitrogen and oxygen atoms in total. The van der Waals surface area contributed by atoms with E-state index in [1.807, 2.05) is 19.1 Å². The molecule has 148 valence electrons. The molecule has 0 unspecified atom stereocenters. The number of esters is 1. The lowest BCUT2D eigenvalue weighted by Gasteiger charge is -2.38. The fourth-order valence-electron chi connectivity index (χ4n) is 3.24. The molecule has 1 aliphatic rings. The number of hydrogen-bond acceptors (Lipinski definition) is 6. The van der Waals surface area contributed by atoms with Crippen LogP contribution in [0.4, 0.5) is 5.69 Å². The van der Waals surface area contributed by atoms with Crippen LogP contribution in [0.15, 0.2) is 48.8 Å². The van der Waals surface area contributed by atoms with Gasteiger partial charge in [0.05, 0.1) is 5.41 Å². The molecule has 3 rings (SSSR count). The number of carbonyl (C=O) groups is 1. The number of hydrogen-bond donors (Lipinski definition) is 2. The third kappa shape index (κ3) is 4.79. The third-order valence-corrected chi connectivity index (χ3v) is 5.12. The molecule has 0 radical (unpaired) electrons. The molecule has 0 saturated carbocycles. The van der Waals surface area contributed by atoms with Gasteiger partial charge < -0.3 is 20.1 Å². The summed E-state index contributed by atoms with van der Waals surface area (Å²) in [5.41, 5.74) is 6.73. The number of nitrogens with one attached hydrogen (secondary N) is 1. The minimum Gasteiger partial charge on any atom is -0.490 e. The Kier molecular flexibility index (Phi) is 6.13. The predicted octanol–water partition coefficient (Wildman–Crippen LogP) is 2.59. The van der Waals surface area contributed by atoms with E-state index >= 15 is 0 Å². The molecule has 0 aliphatic carbocycles. The SMILES string of the molecule is CC1(C(=O)OCCOc2cccc(C(=N)N)c2)CCN(c2ccncc2)CC1. The van der Waals surface area contributed by atoms with Crippen molar-refractivity contribution in [1.82, 2.24) is 4.98 Å². The molecule has 0 spiro atoms. The Morgan fingerprint density at radius 3 is 2.61 bits per heavy atom. The van der Waals surface area contributed by atoms with Crippen LogP contribution in [0.3, 0.4) is 0 Å². The van der Waals surface area contributed by atoms with Gasteiger partial charge in [-0.1, -0.05) is 12.1 Å². The van der Waals surface area contributed by atoms with Gasteiger partial charge in [-0.3, -0.25) is 15.2 Å². The Morgan fingerprint density at radius 2 is 1.93 bits per heavy atom. The number of carbonyl (C=O) groups excluding carboxylic acids is 1. The molecule has 1 fully saturated rings. The van der Waals surface area contributed by atoms with Gasteiger partial charge in [0, 0.05) is 36.7 Å². The zero-order chi connectivity index (χ0) is 20.0. The predicted molar refractivity (Wildman–Crippen MR) is 108 cm³/mol. The zero-order valence-electron chi connectivity index (χ0n) is 16.1. The summed E-state index contributed by atoms with van der Waals surface area (Å²) in [5.74, 6) is 0.409. The minimum absolute atomic E-state index is 0.0112. The van der Waals surface area contributed by atoms with Crippen molar-refractivity contribution in [3.63, 3.8) is 0 Å². The maximum Gasteiger partial charge on any atom is 0.312 e. The van der Waals surface area contributed by atoms with E-state index in [0.29, 0.717) is 11.3 Å². The van der Waals surface area contributed by atoms with Crippen LogP contribution in [0.2, 0.25) is 0 Å². The fraction of sp³-hybridized carbons (Fsp3) is 0.381. The molecule has 3 N–H and O–H groups in total.